The van der Waals surface area contributed by atoms with Crippen LogP contribution in [0, 0.1) is 0 Å². The fourth-order valence-electron chi connectivity index (χ4n) is 2.83. The van der Waals surface area contributed by atoms with Crippen molar-refractivity contribution < 1.29 is 5.11 Å². The van der Waals surface area contributed by atoms with Crippen LogP contribution in [-0.2, 0) is 0 Å². The van der Waals surface area contributed by atoms with Gasteiger partial charge in [0, 0.05) is 37.2 Å². The average Bonchev–Trinajstić information content (AvgIpc) is 3.14. The third-order valence-electron chi connectivity index (χ3n) is 3.95. The molecule has 7 heteroatoms. The van der Waals surface area contributed by atoms with Gasteiger partial charge in [-0.05, 0) is 18.6 Å². The maximum absolute atomic E-state index is 9.73. The highest BCUT2D eigenvalue weighted by atomic mass is 16.3. The van der Waals surface area contributed by atoms with Gasteiger partial charge >= 0.3 is 0 Å². The molecule has 3 aromatic rings. The highest BCUT2D eigenvalue weighted by Crippen LogP contribution is 2.26. The summed E-state index contributed by atoms with van der Waals surface area (Å²) in [5.74, 6) is 1.29. The molecule has 3 N–H and O–H groups in total. The monoisotopic (exact) mass is 296 g/mol. The first-order valence-corrected chi connectivity index (χ1v) is 7.19. The minimum Gasteiger partial charge on any atom is -0.391 e. The van der Waals surface area contributed by atoms with Gasteiger partial charge in [-0.3, -0.25) is 4.40 Å². The summed E-state index contributed by atoms with van der Waals surface area (Å²) in [6.07, 6.45) is 7.64. The van der Waals surface area contributed by atoms with E-state index in [1.54, 1.807) is 24.7 Å². The van der Waals surface area contributed by atoms with E-state index in [1.165, 1.54) is 0 Å². The summed E-state index contributed by atoms with van der Waals surface area (Å²) in [5, 5.41) is 9.73. The van der Waals surface area contributed by atoms with Gasteiger partial charge in [0.1, 0.15) is 5.82 Å². The lowest BCUT2D eigenvalue weighted by Gasteiger charge is -2.17. The summed E-state index contributed by atoms with van der Waals surface area (Å²) in [6.45, 7) is 1.39. The van der Waals surface area contributed by atoms with E-state index in [2.05, 4.69) is 19.9 Å². The van der Waals surface area contributed by atoms with Gasteiger partial charge in [-0.25, -0.2) is 15.0 Å². The molecular formula is C15H16N6O. The maximum Gasteiger partial charge on any atom is 0.180 e. The van der Waals surface area contributed by atoms with Crippen LogP contribution in [0.25, 0.3) is 16.9 Å². The van der Waals surface area contributed by atoms with Crippen LogP contribution in [-0.4, -0.2) is 43.7 Å². The van der Waals surface area contributed by atoms with Crippen molar-refractivity contribution in [2.45, 2.75) is 12.5 Å². The van der Waals surface area contributed by atoms with Crippen molar-refractivity contribution in [3.05, 3.63) is 36.9 Å². The van der Waals surface area contributed by atoms with Crippen LogP contribution in [0.1, 0.15) is 6.42 Å². The standard InChI is InChI=1S/C15H16N6O/c16-13-2-1-10(7-18-13)12-8-19-15-14(17-4-6-21(12)15)20-5-3-11(22)9-20/h1-2,4,6-8,11,22H,3,5,9H2,(H2,16,18). The van der Waals surface area contributed by atoms with Crippen LogP contribution in [0.15, 0.2) is 36.9 Å². The predicted octanol–water partition coefficient (Wildman–Crippen LogP) is 0.944. The number of anilines is 2. The summed E-state index contributed by atoms with van der Waals surface area (Å²) >= 11 is 0. The Bertz CT molecular complexity index is 813. The molecule has 1 fully saturated rings. The summed E-state index contributed by atoms with van der Waals surface area (Å²) in [4.78, 5) is 15.1. The number of fused-ring (bicyclic) bond motifs is 1. The number of rotatable bonds is 2. The van der Waals surface area contributed by atoms with Crippen molar-refractivity contribution in [3.8, 4) is 11.3 Å². The Kier molecular flexibility index (Phi) is 2.93. The molecule has 4 heterocycles. The van der Waals surface area contributed by atoms with E-state index in [0.717, 1.165) is 35.7 Å². The lowest BCUT2D eigenvalue weighted by molar-refractivity contribution is 0.198. The van der Waals surface area contributed by atoms with Crippen LogP contribution in [0.4, 0.5) is 11.6 Å². The zero-order valence-corrected chi connectivity index (χ0v) is 11.9. The van der Waals surface area contributed by atoms with E-state index in [0.29, 0.717) is 12.4 Å². The summed E-state index contributed by atoms with van der Waals surface area (Å²) in [6, 6.07) is 3.69. The van der Waals surface area contributed by atoms with Gasteiger partial charge in [0.2, 0.25) is 0 Å². The number of nitrogens with zero attached hydrogens (tertiary/aromatic N) is 5. The van der Waals surface area contributed by atoms with Crippen molar-refractivity contribution in [3.63, 3.8) is 0 Å². The quantitative estimate of drug-likeness (QED) is 0.731. The van der Waals surface area contributed by atoms with E-state index in [-0.39, 0.29) is 6.10 Å². The fraction of sp³-hybridized carbons (Fsp3) is 0.267. The van der Waals surface area contributed by atoms with Crippen LogP contribution in [0.3, 0.4) is 0 Å². The number of aliphatic hydroxyl groups is 1. The fourth-order valence-corrected chi connectivity index (χ4v) is 2.83. The summed E-state index contributed by atoms with van der Waals surface area (Å²) < 4.78 is 1.99. The molecule has 1 atom stereocenters. The van der Waals surface area contributed by atoms with Crippen molar-refractivity contribution in [2.75, 3.05) is 23.7 Å². The molecule has 0 radical (unpaired) electrons. The Labute approximate surface area is 127 Å². The van der Waals surface area contributed by atoms with Crippen LogP contribution < -0.4 is 10.6 Å². The number of nitrogens with two attached hydrogens (primary N) is 1. The minimum atomic E-state index is -0.294. The number of aliphatic hydroxyl groups excluding tert-OH is 1. The molecule has 112 valence electrons. The molecule has 0 aromatic carbocycles. The van der Waals surface area contributed by atoms with Crippen molar-refractivity contribution in [1.29, 1.82) is 0 Å². The Morgan fingerprint density at radius 2 is 2.09 bits per heavy atom. The van der Waals surface area contributed by atoms with Crippen molar-refractivity contribution in [2.24, 2.45) is 0 Å². The number of pyridine rings is 1. The third kappa shape index (κ3) is 2.06. The van der Waals surface area contributed by atoms with Gasteiger partial charge in [0.15, 0.2) is 11.5 Å². The minimum absolute atomic E-state index is 0.294. The normalized spacial score (nSPS) is 18.2. The zero-order valence-electron chi connectivity index (χ0n) is 11.9. The van der Waals surface area contributed by atoms with Gasteiger partial charge < -0.3 is 15.7 Å². The lowest BCUT2D eigenvalue weighted by atomic mass is 10.2. The molecule has 0 amide bonds. The number of hydrogen-bond acceptors (Lipinski definition) is 6. The summed E-state index contributed by atoms with van der Waals surface area (Å²) in [5.41, 5.74) is 8.30. The molecule has 3 aromatic heterocycles. The van der Waals surface area contributed by atoms with E-state index in [1.807, 2.05) is 16.7 Å². The number of β-amino-alcohol motifs (C(OH)–C–C–N with tert-alkyl or cyclic N) is 1. The van der Waals surface area contributed by atoms with Crippen molar-refractivity contribution in [1.82, 2.24) is 19.4 Å². The predicted molar refractivity (Wildman–Crippen MR) is 83.5 cm³/mol. The Morgan fingerprint density at radius 1 is 1.18 bits per heavy atom. The van der Waals surface area contributed by atoms with E-state index < -0.39 is 0 Å². The molecule has 0 spiro atoms. The highest BCUT2D eigenvalue weighted by molar-refractivity contribution is 5.71. The molecule has 0 aliphatic carbocycles. The molecule has 4 rings (SSSR count). The van der Waals surface area contributed by atoms with Gasteiger partial charge in [0.25, 0.3) is 0 Å². The Morgan fingerprint density at radius 3 is 2.82 bits per heavy atom. The molecule has 0 bridgehead atoms. The highest BCUT2D eigenvalue weighted by Gasteiger charge is 2.24. The molecular weight excluding hydrogens is 280 g/mol. The van der Waals surface area contributed by atoms with Crippen LogP contribution in [0.5, 0.6) is 0 Å². The second-order valence-electron chi connectivity index (χ2n) is 5.45. The van der Waals surface area contributed by atoms with Gasteiger partial charge in [-0.2, -0.15) is 0 Å². The number of hydrogen-bond donors (Lipinski definition) is 2. The molecule has 1 unspecified atom stereocenters. The molecule has 22 heavy (non-hydrogen) atoms. The topological polar surface area (TPSA) is 92.6 Å². The average molecular weight is 296 g/mol. The second-order valence-corrected chi connectivity index (χ2v) is 5.45. The Hall–Kier alpha value is -2.67. The molecule has 0 saturated carbocycles. The van der Waals surface area contributed by atoms with Crippen molar-refractivity contribution >= 4 is 17.3 Å². The molecule has 1 aliphatic heterocycles. The zero-order chi connectivity index (χ0) is 15.1. The second kappa shape index (κ2) is 4.96. The first-order chi connectivity index (χ1) is 10.7. The summed E-state index contributed by atoms with van der Waals surface area (Å²) in [7, 11) is 0. The molecule has 1 saturated heterocycles. The number of nitrogen functional groups attached to an aromatic ring is 1. The van der Waals surface area contributed by atoms with Crippen LogP contribution >= 0.6 is 0 Å². The van der Waals surface area contributed by atoms with Crippen LogP contribution in [0.2, 0.25) is 0 Å². The number of aromatic nitrogens is 4. The smallest absolute Gasteiger partial charge is 0.180 e. The SMILES string of the molecule is Nc1ccc(-c2cnc3c(N4CCC(O)C4)nccn23)cn1. The Balaban J connectivity index is 1.81. The van der Waals surface area contributed by atoms with E-state index in [9.17, 15) is 5.11 Å². The lowest BCUT2D eigenvalue weighted by Crippen LogP contribution is -2.23. The van der Waals surface area contributed by atoms with Gasteiger partial charge in [-0.1, -0.05) is 0 Å². The molecule has 7 nitrogen and oxygen atoms in total. The van der Waals surface area contributed by atoms with Gasteiger partial charge in [-0.15, -0.1) is 0 Å². The first-order valence-electron chi connectivity index (χ1n) is 7.19. The molecule has 1 aliphatic rings. The first kappa shape index (κ1) is 13.0. The third-order valence-corrected chi connectivity index (χ3v) is 3.95. The number of imidazole rings is 1. The largest absolute Gasteiger partial charge is 0.391 e. The maximum atomic E-state index is 9.73. The van der Waals surface area contributed by atoms with Gasteiger partial charge in [0.05, 0.1) is 18.0 Å². The van der Waals surface area contributed by atoms with E-state index in [4.69, 9.17) is 5.73 Å². The van der Waals surface area contributed by atoms with E-state index >= 15 is 0 Å².